The van der Waals surface area contributed by atoms with Crippen molar-refractivity contribution in [2.75, 3.05) is 11.1 Å². The van der Waals surface area contributed by atoms with Gasteiger partial charge in [-0.05, 0) is 45.9 Å². The monoisotopic (exact) mass is 279 g/mol. The fourth-order valence-electron chi connectivity index (χ4n) is 1.64. The van der Waals surface area contributed by atoms with Gasteiger partial charge in [-0.3, -0.25) is 4.79 Å². The van der Waals surface area contributed by atoms with E-state index in [0.717, 1.165) is 0 Å². The number of carboxylic acid groups (broad SMARTS) is 1. The van der Waals surface area contributed by atoms with Crippen molar-refractivity contribution < 1.29 is 14.7 Å². The van der Waals surface area contributed by atoms with E-state index < -0.39 is 12.0 Å². The molecule has 6 heteroatoms. The first-order valence-electron chi connectivity index (χ1n) is 6.31. The van der Waals surface area contributed by atoms with Crippen molar-refractivity contribution in [3.63, 3.8) is 0 Å². The van der Waals surface area contributed by atoms with Gasteiger partial charge in [-0.2, -0.15) is 0 Å². The molecule has 0 spiro atoms. The fourth-order valence-corrected chi connectivity index (χ4v) is 1.64. The van der Waals surface area contributed by atoms with Crippen molar-refractivity contribution in [2.45, 2.75) is 39.3 Å². The summed E-state index contributed by atoms with van der Waals surface area (Å²) in [5.74, 6) is -1.30. The van der Waals surface area contributed by atoms with Gasteiger partial charge in [-0.1, -0.05) is 0 Å². The number of anilines is 2. The summed E-state index contributed by atoms with van der Waals surface area (Å²) in [7, 11) is 0. The van der Waals surface area contributed by atoms with E-state index in [1.54, 1.807) is 19.1 Å². The molecule has 0 heterocycles. The second-order valence-electron chi connectivity index (χ2n) is 5.72. The molecule has 0 radical (unpaired) electrons. The number of hydrogen-bond donors (Lipinski definition) is 4. The zero-order chi connectivity index (χ0) is 15.5. The van der Waals surface area contributed by atoms with Crippen LogP contribution in [0.25, 0.3) is 0 Å². The molecule has 0 fully saturated rings. The Morgan fingerprint density at radius 3 is 2.40 bits per heavy atom. The van der Waals surface area contributed by atoms with E-state index in [0.29, 0.717) is 11.4 Å². The van der Waals surface area contributed by atoms with Gasteiger partial charge in [0.2, 0.25) is 5.91 Å². The van der Waals surface area contributed by atoms with Crippen LogP contribution in [0.4, 0.5) is 11.4 Å². The van der Waals surface area contributed by atoms with Gasteiger partial charge in [0.05, 0.1) is 5.56 Å². The molecule has 6 nitrogen and oxygen atoms in total. The number of hydrogen-bond acceptors (Lipinski definition) is 4. The minimum atomic E-state index is -1.09. The molecule has 5 N–H and O–H groups in total. The molecule has 1 unspecified atom stereocenters. The van der Waals surface area contributed by atoms with Crippen molar-refractivity contribution in [3.05, 3.63) is 23.8 Å². The van der Waals surface area contributed by atoms with E-state index >= 15 is 0 Å². The Balaban J connectivity index is 2.88. The first-order valence-corrected chi connectivity index (χ1v) is 6.31. The molecule has 1 amide bonds. The van der Waals surface area contributed by atoms with Gasteiger partial charge >= 0.3 is 5.97 Å². The largest absolute Gasteiger partial charge is 0.478 e. The molecule has 0 bridgehead atoms. The molecule has 0 aliphatic rings. The summed E-state index contributed by atoms with van der Waals surface area (Å²) in [5, 5.41) is 14.9. The lowest BCUT2D eigenvalue weighted by Gasteiger charge is -2.24. The number of carbonyl (C=O) groups is 2. The molecule has 20 heavy (non-hydrogen) atoms. The minimum Gasteiger partial charge on any atom is -0.478 e. The molecule has 0 saturated heterocycles. The Labute approximate surface area is 118 Å². The molecule has 0 aliphatic carbocycles. The molecular formula is C14H21N3O3. The minimum absolute atomic E-state index is 0.0420. The zero-order valence-corrected chi connectivity index (χ0v) is 12.2. The van der Waals surface area contributed by atoms with E-state index in [2.05, 4.69) is 10.6 Å². The number of nitrogen functional groups attached to an aromatic ring is 1. The van der Waals surface area contributed by atoms with Gasteiger partial charge in [0.15, 0.2) is 0 Å². The number of amides is 1. The lowest BCUT2D eigenvalue weighted by Crippen LogP contribution is -2.47. The van der Waals surface area contributed by atoms with E-state index in [1.807, 2.05) is 20.8 Å². The summed E-state index contributed by atoms with van der Waals surface area (Å²) >= 11 is 0. The number of carboxylic acids is 1. The summed E-state index contributed by atoms with van der Waals surface area (Å²) in [5.41, 5.74) is 5.99. The first-order chi connectivity index (χ1) is 9.10. The van der Waals surface area contributed by atoms with Crippen molar-refractivity contribution in [1.82, 2.24) is 5.32 Å². The van der Waals surface area contributed by atoms with Crippen LogP contribution in [0.5, 0.6) is 0 Å². The van der Waals surface area contributed by atoms with Crippen LogP contribution in [-0.4, -0.2) is 28.6 Å². The summed E-state index contributed by atoms with van der Waals surface area (Å²) in [6.45, 7) is 7.31. The first kappa shape index (κ1) is 15.8. The third-order valence-corrected chi connectivity index (χ3v) is 2.54. The van der Waals surface area contributed by atoms with Crippen LogP contribution < -0.4 is 16.4 Å². The Morgan fingerprint density at radius 1 is 1.30 bits per heavy atom. The van der Waals surface area contributed by atoms with Crippen LogP contribution >= 0.6 is 0 Å². The number of carbonyl (C=O) groups excluding carboxylic acids is 1. The molecule has 1 aromatic carbocycles. The maximum atomic E-state index is 12.0. The van der Waals surface area contributed by atoms with E-state index in [-0.39, 0.29) is 17.0 Å². The molecule has 110 valence electrons. The Bertz CT molecular complexity index is 521. The summed E-state index contributed by atoms with van der Waals surface area (Å²) in [6.07, 6.45) is 0. The lowest BCUT2D eigenvalue weighted by atomic mass is 10.1. The maximum Gasteiger partial charge on any atom is 0.337 e. The summed E-state index contributed by atoms with van der Waals surface area (Å²) < 4.78 is 0. The van der Waals surface area contributed by atoms with Gasteiger partial charge in [0.25, 0.3) is 0 Å². The Morgan fingerprint density at radius 2 is 1.90 bits per heavy atom. The molecule has 0 aromatic heterocycles. The highest BCUT2D eigenvalue weighted by molar-refractivity contribution is 5.96. The van der Waals surface area contributed by atoms with Gasteiger partial charge in [0, 0.05) is 16.9 Å². The number of nitrogens with two attached hydrogens (primary N) is 1. The van der Waals surface area contributed by atoms with Gasteiger partial charge in [0.1, 0.15) is 6.04 Å². The number of benzene rings is 1. The van der Waals surface area contributed by atoms with Crippen molar-refractivity contribution in [3.8, 4) is 0 Å². The Kier molecular flexibility index (Phi) is 4.60. The highest BCUT2D eigenvalue weighted by atomic mass is 16.4. The van der Waals surface area contributed by atoms with Crippen LogP contribution in [0.15, 0.2) is 18.2 Å². The number of aromatic carboxylic acids is 1. The summed E-state index contributed by atoms with van der Waals surface area (Å²) in [6, 6.07) is 3.94. The van der Waals surface area contributed by atoms with Gasteiger partial charge in [-0.25, -0.2) is 4.79 Å². The average molecular weight is 279 g/mol. The highest BCUT2D eigenvalue weighted by Crippen LogP contribution is 2.20. The van der Waals surface area contributed by atoms with Crippen LogP contribution in [0, 0.1) is 0 Å². The maximum absolute atomic E-state index is 12.0. The van der Waals surface area contributed by atoms with Crippen LogP contribution in [0.1, 0.15) is 38.1 Å². The van der Waals surface area contributed by atoms with Gasteiger partial charge in [-0.15, -0.1) is 0 Å². The van der Waals surface area contributed by atoms with Crippen molar-refractivity contribution >= 4 is 23.3 Å². The van der Waals surface area contributed by atoms with Crippen LogP contribution in [0.2, 0.25) is 0 Å². The number of rotatable bonds is 4. The summed E-state index contributed by atoms with van der Waals surface area (Å²) in [4.78, 5) is 23.1. The van der Waals surface area contributed by atoms with E-state index in [9.17, 15) is 9.59 Å². The fraction of sp³-hybridized carbons (Fsp3) is 0.429. The second kappa shape index (κ2) is 5.81. The highest BCUT2D eigenvalue weighted by Gasteiger charge is 2.20. The zero-order valence-electron chi connectivity index (χ0n) is 12.2. The quantitative estimate of drug-likeness (QED) is 0.628. The standard InChI is InChI=1S/C14H21N3O3/c1-8(12(18)17-14(2,3)4)16-11-6-5-9(15)7-10(11)13(19)20/h5-8,16H,15H2,1-4H3,(H,17,18)(H,19,20). The SMILES string of the molecule is CC(Nc1ccc(N)cc1C(=O)O)C(=O)NC(C)(C)C. The molecule has 1 rings (SSSR count). The van der Waals surface area contributed by atoms with Gasteiger partial charge < -0.3 is 21.5 Å². The molecule has 0 aliphatic heterocycles. The third-order valence-electron chi connectivity index (χ3n) is 2.54. The molecule has 1 atom stereocenters. The van der Waals surface area contributed by atoms with Crippen molar-refractivity contribution in [2.24, 2.45) is 0 Å². The predicted octanol–water partition coefficient (Wildman–Crippen LogP) is 1.68. The second-order valence-corrected chi connectivity index (χ2v) is 5.72. The topological polar surface area (TPSA) is 104 Å². The molecule has 0 saturated carbocycles. The predicted molar refractivity (Wildman–Crippen MR) is 78.8 cm³/mol. The van der Waals surface area contributed by atoms with Crippen molar-refractivity contribution in [1.29, 1.82) is 0 Å². The lowest BCUT2D eigenvalue weighted by molar-refractivity contribution is -0.122. The smallest absolute Gasteiger partial charge is 0.337 e. The number of nitrogens with one attached hydrogen (secondary N) is 2. The van der Waals surface area contributed by atoms with Crippen LogP contribution in [-0.2, 0) is 4.79 Å². The van der Waals surface area contributed by atoms with E-state index in [1.165, 1.54) is 6.07 Å². The molecular weight excluding hydrogens is 258 g/mol. The Hall–Kier alpha value is -2.24. The van der Waals surface area contributed by atoms with E-state index in [4.69, 9.17) is 10.8 Å². The molecule has 1 aromatic rings. The normalized spacial score (nSPS) is 12.6. The average Bonchev–Trinajstić information content (AvgIpc) is 2.28. The third kappa shape index (κ3) is 4.46. The van der Waals surface area contributed by atoms with Crippen LogP contribution in [0.3, 0.4) is 0 Å².